The number of carbonyl (C=O) groups is 1. The van der Waals surface area contributed by atoms with Gasteiger partial charge < -0.3 is 15.3 Å². The standard InChI is InChI=1S/C12H24N2O2/c1-10(2)9-13-12(16)14(11-5-6-11)7-3-4-8-15/h10-11,15H,3-9H2,1-2H3,(H,13,16). The van der Waals surface area contributed by atoms with E-state index in [0.717, 1.165) is 38.8 Å². The van der Waals surface area contributed by atoms with Crippen LogP contribution in [0.25, 0.3) is 0 Å². The summed E-state index contributed by atoms with van der Waals surface area (Å²) in [6, 6.07) is 0.514. The van der Waals surface area contributed by atoms with Gasteiger partial charge in [0.25, 0.3) is 0 Å². The van der Waals surface area contributed by atoms with Gasteiger partial charge in [-0.15, -0.1) is 0 Å². The van der Waals surface area contributed by atoms with Crippen molar-refractivity contribution in [2.24, 2.45) is 5.92 Å². The van der Waals surface area contributed by atoms with Gasteiger partial charge in [-0.3, -0.25) is 0 Å². The van der Waals surface area contributed by atoms with Gasteiger partial charge in [0.15, 0.2) is 0 Å². The number of aliphatic hydroxyl groups is 1. The van der Waals surface area contributed by atoms with Crippen molar-refractivity contribution < 1.29 is 9.90 Å². The molecule has 4 heteroatoms. The van der Waals surface area contributed by atoms with Crippen molar-refractivity contribution in [3.63, 3.8) is 0 Å². The van der Waals surface area contributed by atoms with Gasteiger partial charge in [0, 0.05) is 25.7 Å². The fraction of sp³-hybridized carbons (Fsp3) is 0.917. The Balaban J connectivity index is 2.28. The van der Waals surface area contributed by atoms with Gasteiger partial charge >= 0.3 is 6.03 Å². The van der Waals surface area contributed by atoms with Crippen LogP contribution in [0.3, 0.4) is 0 Å². The van der Waals surface area contributed by atoms with E-state index < -0.39 is 0 Å². The summed E-state index contributed by atoms with van der Waals surface area (Å²) >= 11 is 0. The number of urea groups is 1. The first-order chi connectivity index (χ1) is 7.65. The number of amides is 2. The van der Waals surface area contributed by atoms with E-state index in [4.69, 9.17) is 5.11 Å². The number of hydrogen-bond acceptors (Lipinski definition) is 2. The van der Waals surface area contributed by atoms with Crippen LogP contribution in [0, 0.1) is 5.92 Å². The van der Waals surface area contributed by atoms with Gasteiger partial charge in [-0.25, -0.2) is 4.79 Å². The predicted molar refractivity (Wildman–Crippen MR) is 64.3 cm³/mol. The van der Waals surface area contributed by atoms with Crippen molar-refractivity contribution in [1.29, 1.82) is 0 Å². The van der Waals surface area contributed by atoms with Gasteiger partial charge in [-0.2, -0.15) is 0 Å². The topological polar surface area (TPSA) is 52.6 Å². The maximum absolute atomic E-state index is 11.9. The molecule has 0 heterocycles. The molecule has 0 aliphatic heterocycles. The molecule has 0 atom stereocenters. The van der Waals surface area contributed by atoms with Crippen molar-refractivity contribution in [3.05, 3.63) is 0 Å². The van der Waals surface area contributed by atoms with Gasteiger partial charge in [0.2, 0.25) is 0 Å². The predicted octanol–water partition coefficient (Wildman–Crippen LogP) is 1.59. The molecule has 1 saturated carbocycles. The van der Waals surface area contributed by atoms with Crippen molar-refractivity contribution in [2.45, 2.75) is 45.6 Å². The number of aliphatic hydroxyl groups excluding tert-OH is 1. The summed E-state index contributed by atoms with van der Waals surface area (Å²) in [7, 11) is 0. The lowest BCUT2D eigenvalue weighted by atomic mass is 10.2. The van der Waals surface area contributed by atoms with E-state index in [9.17, 15) is 4.79 Å². The van der Waals surface area contributed by atoms with E-state index in [1.165, 1.54) is 0 Å². The lowest BCUT2D eigenvalue weighted by Gasteiger charge is -2.23. The minimum Gasteiger partial charge on any atom is -0.396 e. The molecule has 0 radical (unpaired) electrons. The Labute approximate surface area is 98.0 Å². The summed E-state index contributed by atoms with van der Waals surface area (Å²) in [5.41, 5.74) is 0. The second-order valence-corrected chi connectivity index (χ2v) is 4.94. The fourth-order valence-corrected chi connectivity index (χ4v) is 1.62. The van der Waals surface area contributed by atoms with Crippen LogP contribution in [-0.2, 0) is 0 Å². The average Bonchev–Trinajstić information content (AvgIpc) is 3.05. The summed E-state index contributed by atoms with van der Waals surface area (Å²) in [5.74, 6) is 0.488. The van der Waals surface area contributed by atoms with E-state index in [2.05, 4.69) is 19.2 Å². The molecular formula is C12H24N2O2. The molecular weight excluding hydrogens is 204 g/mol. The quantitative estimate of drug-likeness (QED) is 0.650. The molecule has 4 nitrogen and oxygen atoms in total. The van der Waals surface area contributed by atoms with Crippen LogP contribution in [0.2, 0.25) is 0 Å². The van der Waals surface area contributed by atoms with E-state index >= 15 is 0 Å². The SMILES string of the molecule is CC(C)CNC(=O)N(CCCCO)C1CC1. The molecule has 0 saturated heterocycles. The molecule has 94 valence electrons. The number of unbranched alkanes of at least 4 members (excludes halogenated alkanes) is 1. The third-order valence-corrected chi connectivity index (χ3v) is 2.72. The Morgan fingerprint density at radius 3 is 2.62 bits per heavy atom. The summed E-state index contributed by atoms with van der Waals surface area (Å²) in [6.45, 7) is 5.91. The minimum atomic E-state index is 0.0640. The number of nitrogens with one attached hydrogen (secondary N) is 1. The first kappa shape index (κ1) is 13.3. The van der Waals surface area contributed by atoms with E-state index in [-0.39, 0.29) is 12.6 Å². The summed E-state index contributed by atoms with van der Waals surface area (Å²) in [5, 5.41) is 11.7. The van der Waals surface area contributed by atoms with E-state index in [0.29, 0.717) is 12.0 Å². The highest BCUT2D eigenvalue weighted by Gasteiger charge is 2.31. The third kappa shape index (κ3) is 4.84. The lowest BCUT2D eigenvalue weighted by molar-refractivity contribution is 0.189. The highest BCUT2D eigenvalue weighted by Crippen LogP contribution is 2.27. The summed E-state index contributed by atoms with van der Waals surface area (Å²) < 4.78 is 0. The molecule has 1 rings (SSSR count). The molecule has 0 unspecified atom stereocenters. The zero-order valence-electron chi connectivity index (χ0n) is 10.4. The first-order valence-corrected chi connectivity index (χ1v) is 6.30. The van der Waals surface area contributed by atoms with Crippen LogP contribution in [0.4, 0.5) is 4.79 Å². The van der Waals surface area contributed by atoms with Crippen LogP contribution in [0.1, 0.15) is 39.5 Å². The molecule has 0 aromatic rings. The summed E-state index contributed by atoms with van der Waals surface area (Å²) in [4.78, 5) is 13.8. The van der Waals surface area contributed by atoms with Crippen LogP contribution >= 0.6 is 0 Å². The zero-order chi connectivity index (χ0) is 12.0. The van der Waals surface area contributed by atoms with Crippen LogP contribution in [0.5, 0.6) is 0 Å². The Morgan fingerprint density at radius 1 is 1.44 bits per heavy atom. The van der Waals surface area contributed by atoms with Crippen molar-refractivity contribution in [2.75, 3.05) is 19.7 Å². The lowest BCUT2D eigenvalue weighted by Crippen LogP contribution is -2.43. The Morgan fingerprint density at radius 2 is 2.12 bits per heavy atom. The Bertz CT molecular complexity index is 215. The maximum atomic E-state index is 11.9. The second kappa shape index (κ2) is 6.74. The molecule has 1 fully saturated rings. The van der Waals surface area contributed by atoms with E-state index in [1.54, 1.807) is 0 Å². The molecule has 1 aliphatic carbocycles. The first-order valence-electron chi connectivity index (χ1n) is 6.30. The molecule has 0 spiro atoms. The maximum Gasteiger partial charge on any atom is 0.317 e. The molecule has 0 bridgehead atoms. The number of carbonyl (C=O) groups excluding carboxylic acids is 1. The molecule has 16 heavy (non-hydrogen) atoms. The van der Waals surface area contributed by atoms with Crippen LogP contribution in [0.15, 0.2) is 0 Å². The van der Waals surface area contributed by atoms with Gasteiger partial charge in [-0.05, 0) is 31.6 Å². The second-order valence-electron chi connectivity index (χ2n) is 4.94. The fourth-order valence-electron chi connectivity index (χ4n) is 1.62. The minimum absolute atomic E-state index is 0.0640. The average molecular weight is 228 g/mol. The highest BCUT2D eigenvalue weighted by molar-refractivity contribution is 5.74. The number of hydrogen-bond donors (Lipinski definition) is 2. The smallest absolute Gasteiger partial charge is 0.317 e. The molecule has 0 aromatic heterocycles. The molecule has 0 aromatic carbocycles. The Hall–Kier alpha value is -0.770. The van der Waals surface area contributed by atoms with Crippen molar-refractivity contribution >= 4 is 6.03 Å². The zero-order valence-corrected chi connectivity index (χ0v) is 10.4. The molecule has 2 amide bonds. The van der Waals surface area contributed by atoms with Crippen molar-refractivity contribution in [1.82, 2.24) is 10.2 Å². The van der Waals surface area contributed by atoms with E-state index in [1.807, 2.05) is 4.90 Å². The summed E-state index contributed by atoms with van der Waals surface area (Å²) in [6.07, 6.45) is 3.94. The number of rotatable bonds is 7. The van der Waals surface area contributed by atoms with Gasteiger partial charge in [-0.1, -0.05) is 13.8 Å². The molecule has 1 aliphatic rings. The normalized spacial score (nSPS) is 15.2. The van der Waals surface area contributed by atoms with Crippen molar-refractivity contribution in [3.8, 4) is 0 Å². The van der Waals surface area contributed by atoms with Gasteiger partial charge in [0.05, 0.1) is 0 Å². The van der Waals surface area contributed by atoms with Crippen LogP contribution < -0.4 is 5.32 Å². The molecule has 2 N–H and O–H groups in total. The van der Waals surface area contributed by atoms with Gasteiger partial charge in [0.1, 0.15) is 0 Å². The Kier molecular flexibility index (Phi) is 5.60. The number of nitrogens with zero attached hydrogens (tertiary/aromatic N) is 1. The van der Waals surface area contributed by atoms with Crippen LogP contribution in [-0.4, -0.2) is 41.8 Å². The third-order valence-electron chi connectivity index (χ3n) is 2.72. The highest BCUT2D eigenvalue weighted by atomic mass is 16.3. The largest absolute Gasteiger partial charge is 0.396 e. The monoisotopic (exact) mass is 228 g/mol.